The molecule has 2 aromatic carbocycles. The summed E-state index contributed by atoms with van der Waals surface area (Å²) in [5.41, 5.74) is 1.16. The molecule has 0 saturated heterocycles. The number of halogens is 4. The molecule has 0 saturated carbocycles. The van der Waals surface area contributed by atoms with Gasteiger partial charge in [-0.25, -0.2) is 9.37 Å². The Labute approximate surface area is 188 Å². The number of hydrogen-bond acceptors (Lipinski definition) is 3. The molecule has 1 unspecified atom stereocenters. The van der Waals surface area contributed by atoms with Crippen LogP contribution in [0.4, 0.5) is 17.6 Å². The van der Waals surface area contributed by atoms with E-state index in [0.29, 0.717) is 29.0 Å². The second-order valence-electron chi connectivity index (χ2n) is 7.33. The number of benzene rings is 2. The van der Waals surface area contributed by atoms with Crippen molar-refractivity contribution in [2.75, 3.05) is 0 Å². The van der Waals surface area contributed by atoms with E-state index in [0.717, 1.165) is 11.6 Å². The lowest BCUT2D eigenvalue weighted by molar-refractivity contribution is -0.137. The molecule has 3 rings (SSSR count). The van der Waals surface area contributed by atoms with Crippen LogP contribution in [0, 0.1) is 5.82 Å². The first-order valence-electron chi connectivity index (χ1n) is 10.0. The van der Waals surface area contributed by atoms with Gasteiger partial charge in [0.2, 0.25) is 0 Å². The maximum atomic E-state index is 13.0. The van der Waals surface area contributed by atoms with E-state index < -0.39 is 11.7 Å². The molecule has 0 aliphatic rings. The molecule has 1 amide bonds. The lowest BCUT2D eigenvalue weighted by Crippen LogP contribution is -2.23. The van der Waals surface area contributed by atoms with E-state index in [-0.39, 0.29) is 23.5 Å². The molecule has 1 atom stereocenters. The van der Waals surface area contributed by atoms with Gasteiger partial charge in [0.05, 0.1) is 11.1 Å². The lowest BCUT2D eigenvalue weighted by atomic mass is 10.1. The fraction of sp³-hybridized carbons (Fsp3) is 0.250. The number of carbonyl (C=O) groups excluding carboxylic acids is 1. The van der Waals surface area contributed by atoms with Crippen molar-refractivity contribution in [3.8, 4) is 0 Å². The molecule has 8 heteroatoms. The summed E-state index contributed by atoms with van der Waals surface area (Å²) in [4.78, 5) is 17.0. The fourth-order valence-corrected chi connectivity index (χ4v) is 4.09. The number of alkyl halides is 3. The third kappa shape index (κ3) is 6.82. The summed E-state index contributed by atoms with van der Waals surface area (Å²) in [5.74, 6) is -0.639. The minimum atomic E-state index is -4.36. The Morgan fingerprint density at radius 1 is 1.06 bits per heavy atom. The zero-order chi connectivity index (χ0) is 23.1. The van der Waals surface area contributed by atoms with E-state index in [1.165, 1.54) is 36.0 Å². The van der Waals surface area contributed by atoms with E-state index in [4.69, 9.17) is 0 Å². The third-order valence-electron chi connectivity index (χ3n) is 4.79. The van der Waals surface area contributed by atoms with Gasteiger partial charge in [-0.2, -0.15) is 13.2 Å². The molecular weight excluding hydrogens is 440 g/mol. The summed E-state index contributed by atoms with van der Waals surface area (Å²) in [6, 6.07) is 14.5. The molecule has 0 fully saturated rings. The van der Waals surface area contributed by atoms with Crippen molar-refractivity contribution >= 4 is 17.7 Å². The summed E-state index contributed by atoms with van der Waals surface area (Å²) < 4.78 is 51.7. The van der Waals surface area contributed by atoms with Gasteiger partial charge in [0.15, 0.2) is 0 Å². The zero-order valence-corrected chi connectivity index (χ0v) is 18.1. The van der Waals surface area contributed by atoms with Crippen molar-refractivity contribution in [2.24, 2.45) is 0 Å². The van der Waals surface area contributed by atoms with Gasteiger partial charge in [-0.15, -0.1) is 11.8 Å². The van der Waals surface area contributed by atoms with Gasteiger partial charge in [-0.05, 0) is 54.3 Å². The molecule has 1 N–H and O–H groups in total. The SMILES string of the molecule is CC(CCc1cccc(C(F)(F)F)c1)Sc1ncccc1C(=O)NCc1ccc(F)cc1. The van der Waals surface area contributed by atoms with Gasteiger partial charge in [0, 0.05) is 18.0 Å². The molecule has 0 spiro atoms. The molecule has 168 valence electrons. The first kappa shape index (κ1) is 23.8. The normalized spacial score (nSPS) is 12.4. The molecule has 1 heterocycles. The molecule has 0 bridgehead atoms. The summed E-state index contributed by atoms with van der Waals surface area (Å²) in [5, 5.41) is 3.39. The minimum absolute atomic E-state index is 0.0306. The van der Waals surface area contributed by atoms with E-state index in [2.05, 4.69) is 10.3 Å². The summed E-state index contributed by atoms with van der Waals surface area (Å²) >= 11 is 1.41. The average molecular weight is 463 g/mol. The van der Waals surface area contributed by atoms with Gasteiger partial charge in [0.1, 0.15) is 10.8 Å². The van der Waals surface area contributed by atoms with Crippen molar-refractivity contribution in [2.45, 2.75) is 42.8 Å². The van der Waals surface area contributed by atoms with E-state index in [1.807, 2.05) is 6.92 Å². The highest BCUT2D eigenvalue weighted by molar-refractivity contribution is 7.99. The van der Waals surface area contributed by atoms with Crippen LogP contribution in [0.3, 0.4) is 0 Å². The number of carbonyl (C=O) groups is 1. The Kier molecular flexibility index (Phi) is 7.90. The minimum Gasteiger partial charge on any atom is -0.348 e. The number of nitrogens with zero attached hydrogens (tertiary/aromatic N) is 1. The van der Waals surface area contributed by atoms with E-state index in [1.54, 1.807) is 36.5 Å². The number of nitrogens with one attached hydrogen (secondary N) is 1. The lowest BCUT2D eigenvalue weighted by Gasteiger charge is -2.14. The van der Waals surface area contributed by atoms with Crippen LogP contribution in [0.15, 0.2) is 71.9 Å². The number of aromatic nitrogens is 1. The molecule has 3 aromatic rings. The van der Waals surface area contributed by atoms with Gasteiger partial charge in [-0.1, -0.05) is 37.3 Å². The maximum Gasteiger partial charge on any atom is 0.416 e. The van der Waals surface area contributed by atoms with Crippen LogP contribution in [0.1, 0.15) is 40.4 Å². The van der Waals surface area contributed by atoms with E-state index >= 15 is 0 Å². The smallest absolute Gasteiger partial charge is 0.348 e. The fourth-order valence-electron chi connectivity index (χ4n) is 3.06. The highest BCUT2D eigenvalue weighted by Gasteiger charge is 2.30. The Morgan fingerprint density at radius 2 is 1.81 bits per heavy atom. The average Bonchev–Trinajstić information content (AvgIpc) is 2.77. The Morgan fingerprint density at radius 3 is 2.53 bits per heavy atom. The van der Waals surface area contributed by atoms with Crippen LogP contribution in [0.2, 0.25) is 0 Å². The van der Waals surface area contributed by atoms with Crippen LogP contribution in [0.5, 0.6) is 0 Å². The zero-order valence-electron chi connectivity index (χ0n) is 17.3. The van der Waals surface area contributed by atoms with Crippen molar-refractivity contribution in [1.29, 1.82) is 0 Å². The highest BCUT2D eigenvalue weighted by Crippen LogP contribution is 2.31. The van der Waals surface area contributed by atoms with Crippen LogP contribution in [0.25, 0.3) is 0 Å². The van der Waals surface area contributed by atoms with E-state index in [9.17, 15) is 22.4 Å². The van der Waals surface area contributed by atoms with Gasteiger partial charge in [-0.3, -0.25) is 4.79 Å². The predicted octanol–water partition coefficient (Wildman–Crippen LogP) is 6.28. The Hall–Kier alpha value is -2.87. The van der Waals surface area contributed by atoms with Gasteiger partial charge in [0.25, 0.3) is 5.91 Å². The van der Waals surface area contributed by atoms with Gasteiger partial charge >= 0.3 is 6.18 Å². The van der Waals surface area contributed by atoms with Crippen LogP contribution >= 0.6 is 11.8 Å². The predicted molar refractivity (Wildman–Crippen MR) is 117 cm³/mol. The molecular formula is C24H22F4N2OS. The van der Waals surface area contributed by atoms with Crippen LogP contribution < -0.4 is 5.32 Å². The quantitative estimate of drug-likeness (QED) is 0.316. The second kappa shape index (κ2) is 10.6. The first-order chi connectivity index (χ1) is 15.2. The number of pyridine rings is 1. The summed E-state index contributed by atoms with van der Waals surface area (Å²) in [6.07, 6.45) is -1.66. The van der Waals surface area contributed by atoms with Crippen molar-refractivity contribution < 1.29 is 22.4 Å². The summed E-state index contributed by atoms with van der Waals surface area (Å²) in [7, 11) is 0. The third-order valence-corrected chi connectivity index (χ3v) is 5.98. The monoisotopic (exact) mass is 462 g/mol. The molecule has 0 aliphatic heterocycles. The molecule has 3 nitrogen and oxygen atoms in total. The van der Waals surface area contributed by atoms with Crippen molar-refractivity contribution in [1.82, 2.24) is 10.3 Å². The molecule has 0 aliphatic carbocycles. The molecule has 32 heavy (non-hydrogen) atoms. The number of amides is 1. The standard InChI is InChI=1S/C24H22F4N2OS/c1-16(7-8-17-4-2-5-19(14-17)24(26,27)28)32-23-21(6-3-13-29-23)22(31)30-15-18-9-11-20(25)12-10-18/h2-6,9-14,16H,7-8,15H2,1H3,(H,30,31). The second-order valence-corrected chi connectivity index (χ2v) is 8.76. The Balaban J connectivity index is 1.59. The van der Waals surface area contributed by atoms with Crippen molar-refractivity contribution in [3.05, 3.63) is 94.9 Å². The highest BCUT2D eigenvalue weighted by atomic mass is 32.2. The molecule has 0 radical (unpaired) electrons. The molecule has 1 aromatic heterocycles. The van der Waals surface area contributed by atoms with Crippen molar-refractivity contribution in [3.63, 3.8) is 0 Å². The Bertz CT molecular complexity index is 1050. The van der Waals surface area contributed by atoms with Gasteiger partial charge < -0.3 is 5.32 Å². The summed E-state index contributed by atoms with van der Waals surface area (Å²) in [6.45, 7) is 2.20. The number of thioether (sulfide) groups is 1. The maximum absolute atomic E-state index is 13.0. The van der Waals surface area contributed by atoms with Crippen LogP contribution in [-0.2, 0) is 19.1 Å². The van der Waals surface area contributed by atoms with Crippen LogP contribution in [-0.4, -0.2) is 16.1 Å². The number of aryl methyl sites for hydroxylation is 1. The number of rotatable bonds is 8. The largest absolute Gasteiger partial charge is 0.416 e. The number of hydrogen-bond donors (Lipinski definition) is 1. The topological polar surface area (TPSA) is 42.0 Å². The first-order valence-corrected chi connectivity index (χ1v) is 10.9.